The maximum atomic E-state index is 12.3. The Hall–Kier alpha value is -1.76. The van der Waals surface area contributed by atoms with E-state index in [9.17, 15) is 8.42 Å². The van der Waals surface area contributed by atoms with E-state index in [0.29, 0.717) is 6.54 Å². The van der Waals surface area contributed by atoms with Crippen molar-refractivity contribution in [1.82, 2.24) is 9.71 Å². The maximum Gasteiger partial charge on any atom is 0.216 e. The molecule has 1 heterocycles. The van der Waals surface area contributed by atoms with Gasteiger partial charge in [0.1, 0.15) is 0 Å². The third kappa shape index (κ3) is 4.35. The summed E-state index contributed by atoms with van der Waals surface area (Å²) in [6.45, 7) is 2.13. The molecule has 0 aliphatic heterocycles. The number of nitrogens with zero attached hydrogens (tertiary/aromatic N) is 1. The molecule has 3 N–H and O–H groups in total. The first kappa shape index (κ1) is 15.6. The molecule has 1 unspecified atom stereocenters. The summed E-state index contributed by atoms with van der Waals surface area (Å²) in [5, 5.41) is 0. The lowest BCUT2D eigenvalue weighted by atomic mass is 10.1. The van der Waals surface area contributed by atoms with Crippen LogP contribution in [0.1, 0.15) is 29.7 Å². The van der Waals surface area contributed by atoms with Crippen molar-refractivity contribution in [2.45, 2.75) is 25.3 Å². The fraction of sp³-hybridized carbons (Fsp3) is 0.267. The summed E-state index contributed by atoms with van der Waals surface area (Å²) < 4.78 is 27.2. The minimum atomic E-state index is -3.44. The first-order valence-corrected chi connectivity index (χ1v) is 8.34. The molecule has 0 saturated heterocycles. The van der Waals surface area contributed by atoms with E-state index in [4.69, 9.17) is 5.73 Å². The van der Waals surface area contributed by atoms with E-state index in [-0.39, 0.29) is 11.8 Å². The van der Waals surface area contributed by atoms with Gasteiger partial charge in [-0.3, -0.25) is 4.98 Å². The second kappa shape index (κ2) is 6.80. The summed E-state index contributed by atoms with van der Waals surface area (Å²) in [5.41, 5.74) is 8.09. The Morgan fingerprint density at radius 1 is 1.14 bits per heavy atom. The topological polar surface area (TPSA) is 85.1 Å². The molecular weight excluding hydrogens is 286 g/mol. The predicted molar refractivity (Wildman–Crippen MR) is 82.7 cm³/mol. The van der Waals surface area contributed by atoms with Crippen molar-refractivity contribution in [2.75, 3.05) is 0 Å². The minimum absolute atomic E-state index is 0.0736. The first-order valence-electron chi connectivity index (χ1n) is 6.68. The van der Waals surface area contributed by atoms with Gasteiger partial charge in [-0.05, 0) is 35.7 Å². The minimum Gasteiger partial charge on any atom is -0.326 e. The number of aromatic nitrogens is 1. The van der Waals surface area contributed by atoms with Crippen LogP contribution in [0.15, 0.2) is 48.8 Å². The normalized spacial score (nSPS) is 13.0. The first-order chi connectivity index (χ1) is 10.0. The van der Waals surface area contributed by atoms with Gasteiger partial charge >= 0.3 is 0 Å². The zero-order valence-electron chi connectivity index (χ0n) is 11.9. The SMILES string of the molecule is CC(NS(=O)(=O)Cc1ccccc1CN)c1ccncc1. The molecule has 2 aromatic rings. The largest absolute Gasteiger partial charge is 0.326 e. The highest BCUT2D eigenvalue weighted by Gasteiger charge is 2.17. The number of nitrogens with two attached hydrogens (primary N) is 1. The molecule has 1 aromatic heterocycles. The molecule has 6 heteroatoms. The Balaban J connectivity index is 2.12. The molecule has 0 bridgehead atoms. The van der Waals surface area contributed by atoms with Crippen molar-refractivity contribution >= 4 is 10.0 Å². The summed E-state index contributed by atoms with van der Waals surface area (Å²) in [7, 11) is -3.44. The number of hydrogen-bond acceptors (Lipinski definition) is 4. The van der Waals surface area contributed by atoms with E-state index >= 15 is 0 Å². The Labute approximate surface area is 125 Å². The van der Waals surface area contributed by atoms with Gasteiger partial charge in [-0.2, -0.15) is 0 Å². The van der Waals surface area contributed by atoms with Gasteiger partial charge < -0.3 is 5.73 Å². The number of rotatable bonds is 6. The van der Waals surface area contributed by atoms with Crippen LogP contribution in [0.4, 0.5) is 0 Å². The van der Waals surface area contributed by atoms with Crippen LogP contribution in [0.5, 0.6) is 0 Å². The van der Waals surface area contributed by atoms with Crippen LogP contribution in [-0.2, 0) is 22.3 Å². The van der Waals surface area contributed by atoms with Crippen molar-refractivity contribution in [3.8, 4) is 0 Å². The number of benzene rings is 1. The summed E-state index contributed by atoms with van der Waals surface area (Å²) in [4.78, 5) is 3.92. The molecule has 0 spiro atoms. The van der Waals surface area contributed by atoms with Crippen molar-refractivity contribution in [3.63, 3.8) is 0 Å². The van der Waals surface area contributed by atoms with Gasteiger partial charge in [-0.15, -0.1) is 0 Å². The van der Waals surface area contributed by atoms with Gasteiger partial charge in [-0.25, -0.2) is 13.1 Å². The van der Waals surface area contributed by atoms with E-state index < -0.39 is 10.0 Å². The molecular formula is C15H19N3O2S. The Morgan fingerprint density at radius 3 is 2.38 bits per heavy atom. The van der Waals surface area contributed by atoms with E-state index in [1.807, 2.05) is 25.1 Å². The summed E-state index contributed by atoms with van der Waals surface area (Å²) in [6.07, 6.45) is 3.29. The molecule has 1 atom stereocenters. The lowest BCUT2D eigenvalue weighted by Crippen LogP contribution is -2.28. The molecule has 0 amide bonds. The molecule has 1 aromatic carbocycles. The van der Waals surface area contributed by atoms with Crippen molar-refractivity contribution in [2.24, 2.45) is 5.73 Å². The standard InChI is InChI=1S/C15H19N3O2S/c1-12(13-6-8-17-9-7-13)18-21(19,20)11-15-5-3-2-4-14(15)10-16/h2-9,12,18H,10-11,16H2,1H3. The fourth-order valence-corrected chi connectivity index (χ4v) is 3.58. The molecule has 0 radical (unpaired) electrons. The monoisotopic (exact) mass is 305 g/mol. The van der Waals surface area contributed by atoms with Gasteiger partial charge in [0.2, 0.25) is 10.0 Å². The molecule has 21 heavy (non-hydrogen) atoms. The van der Waals surface area contributed by atoms with Crippen molar-refractivity contribution in [3.05, 3.63) is 65.5 Å². The molecule has 0 saturated carbocycles. The third-order valence-corrected chi connectivity index (χ3v) is 4.65. The van der Waals surface area contributed by atoms with E-state index in [1.165, 1.54) is 0 Å². The highest BCUT2D eigenvalue weighted by molar-refractivity contribution is 7.88. The highest BCUT2D eigenvalue weighted by atomic mass is 32.2. The predicted octanol–water partition coefficient (Wildman–Crippen LogP) is 1.72. The average Bonchev–Trinajstić information content (AvgIpc) is 2.47. The molecule has 5 nitrogen and oxygen atoms in total. The van der Waals surface area contributed by atoms with E-state index in [1.54, 1.807) is 30.6 Å². The molecule has 0 aliphatic carbocycles. The lowest BCUT2D eigenvalue weighted by Gasteiger charge is -2.15. The number of pyridine rings is 1. The van der Waals surface area contributed by atoms with Gasteiger partial charge in [0.05, 0.1) is 5.75 Å². The molecule has 112 valence electrons. The number of sulfonamides is 1. The zero-order chi connectivity index (χ0) is 15.3. The summed E-state index contributed by atoms with van der Waals surface area (Å²) in [5.74, 6) is -0.0736. The zero-order valence-corrected chi connectivity index (χ0v) is 12.7. The van der Waals surface area contributed by atoms with Crippen LogP contribution < -0.4 is 10.5 Å². The second-order valence-electron chi connectivity index (χ2n) is 4.85. The van der Waals surface area contributed by atoms with Crippen LogP contribution in [0.3, 0.4) is 0 Å². The van der Waals surface area contributed by atoms with Gasteiger partial charge in [0.15, 0.2) is 0 Å². The summed E-state index contributed by atoms with van der Waals surface area (Å²) in [6, 6.07) is 10.6. The van der Waals surface area contributed by atoms with Crippen LogP contribution in [0, 0.1) is 0 Å². The lowest BCUT2D eigenvalue weighted by molar-refractivity contribution is 0.565. The quantitative estimate of drug-likeness (QED) is 0.851. The van der Waals surface area contributed by atoms with Crippen LogP contribution >= 0.6 is 0 Å². The van der Waals surface area contributed by atoms with Gasteiger partial charge in [0, 0.05) is 25.0 Å². The Kier molecular flexibility index (Phi) is 5.06. The van der Waals surface area contributed by atoms with E-state index in [0.717, 1.165) is 16.7 Å². The molecule has 2 rings (SSSR count). The van der Waals surface area contributed by atoms with Gasteiger partial charge in [0.25, 0.3) is 0 Å². The highest BCUT2D eigenvalue weighted by Crippen LogP contribution is 2.16. The Morgan fingerprint density at radius 2 is 1.76 bits per heavy atom. The van der Waals surface area contributed by atoms with Crippen LogP contribution in [0.25, 0.3) is 0 Å². The fourth-order valence-electron chi connectivity index (χ4n) is 2.13. The van der Waals surface area contributed by atoms with Crippen LogP contribution in [0.2, 0.25) is 0 Å². The maximum absolute atomic E-state index is 12.3. The van der Waals surface area contributed by atoms with Gasteiger partial charge in [-0.1, -0.05) is 24.3 Å². The number of nitrogens with one attached hydrogen (secondary N) is 1. The second-order valence-corrected chi connectivity index (χ2v) is 6.61. The van der Waals surface area contributed by atoms with Crippen molar-refractivity contribution in [1.29, 1.82) is 0 Å². The number of hydrogen-bond donors (Lipinski definition) is 2. The van der Waals surface area contributed by atoms with Crippen molar-refractivity contribution < 1.29 is 8.42 Å². The third-order valence-electron chi connectivity index (χ3n) is 3.25. The van der Waals surface area contributed by atoms with E-state index in [2.05, 4.69) is 9.71 Å². The molecule has 0 aliphatic rings. The van der Waals surface area contributed by atoms with Crippen LogP contribution in [-0.4, -0.2) is 13.4 Å². The smallest absolute Gasteiger partial charge is 0.216 e. The summed E-state index contributed by atoms with van der Waals surface area (Å²) >= 11 is 0. The average molecular weight is 305 g/mol. The Bertz CT molecular complexity index is 687. The molecule has 0 fully saturated rings.